The number of carbonyl (C=O) groups is 1. The van der Waals surface area contributed by atoms with E-state index in [-0.39, 0.29) is 24.8 Å². The van der Waals surface area contributed by atoms with Gasteiger partial charge in [0.05, 0.1) is 0 Å². The van der Waals surface area contributed by atoms with E-state index in [1.54, 1.807) is 48.5 Å². The third kappa shape index (κ3) is 6.02. The monoisotopic (exact) mass is 364 g/mol. The van der Waals surface area contributed by atoms with Crippen LogP contribution in [0.25, 0.3) is 0 Å². The molecule has 7 heteroatoms. The number of ether oxygens (including phenoxy) is 2. The summed E-state index contributed by atoms with van der Waals surface area (Å²) in [5, 5.41) is 9.40. The predicted molar refractivity (Wildman–Crippen MR) is 90.2 cm³/mol. The van der Waals surface area contributed by atoms with Crippen LogP contribution in [0.3, 0.4) is 0 Å². The number of carboxylic acid groups (broad SMARTS) is 1. The Balaban J connectivity index is 0.00000220. The number of rotatable bonds is 5. The van der Waals surface area contributed by atoms with Crippen LogP contribution in [0, 0.1) is 0 Å². The minimum atomic E-state index is -1.01. The smallest absolute Gasteiger partial charge is 0.344 e. The first-order chi connectivity index (χ1) is 9.54. The zero-order valence-corrected chi connectivity index (χ0v) is 14.0. The lowest BCUT2D eigenvalue weighted by Gasteiger charge is -2.11. The van der Waals surface area contributed by atoms with E-state index in [0.717, 1.165) is 0 Å². The van der Waals surface area contributed by atoms with E-state index in [4.69, 9.17) is 26.2 Å². The van der Waals surface area contributed by atoms with Gasteiger partial charge in [-0.05, 0) is 55.5 Å². The van der Waals surface area contributed by atoms with E-state index in [9.17, 15) is 4.79 Å². The average molecular weight is 366 g/mol. The summed E-state index contributed by atoms with van der Waals surface area (Å²) in [5.74, 6) is 0.763. The predicted octanol–water partition coefficient (Wildman–Crippen LogP) is 4.83. The Labute approximate surface area is 145 Å². The van der Waals surface area contributed by atoms with E-state index >= 15 is 0 Å². The van der Waals surface area contributed by atoms with Crippen molar-refractivity contribution < 1.29 is 19.4 Å². The molecule has 2 rings (SSSR count). The van der Waals surface area contributed by atoms with Crippen LogP contribution in [0.2, 0.25) is 5.02 Å². The van der Waals surface area contributed by atoms with Crippen LogP contribution in [-0.4, -0.2) is 17.2 Å². The molecule has 0 bridgehead atoms. The molecule has 0 heterocycles. The fourth-order valence-electron chi connectivity index (χ4n) is 1.48. The van der Waals surface area contributed by atoms with Crippen LogP contribution in [0.15, 0.2) is 48.5 Å². The molecule has 1 unspecified atom stereocenters. The van der Waals surface area contributed by atoms with Crippen molar-refractivity contribution in [3.63, 3.8) is 0 Å². The summed E-state index contributed by atoms with van der Waals surface area (Å²) < 4.78 is 10.8. The van der Waals surface area contributed by atoms with Crippen molar-refractivity contribution in [3.05, 3.63) is 53.6 Å². The van der Waals surface area contributed by atoms with Gasteiger partial charge in [-0.2, -0.15) is 0 Å². The summed E-state index contributed by atoms with van der Waals surface area (Å²) in [5.41, 5.74) is 0. The lowest BCUT2D eigenvalue weighted by Crippen LogP contribution is -2.22. The van der Waals surface area contributed by atoms with E-state index in [2.05, 4.69) is 0 Å². The van der Waals surface area contributed by atoms with Gasteiger partial charge in [0.2, 0.25) is 0 Å². The van der Waals surface area contributed by atoms with E-state index in [0.29, 0.717) is 22.3 Å². The van der Waals surface area contributed by atoms with Crippen molar-refractivity contribution >= 4 is 42.4 Å². The second kappa shape index (κ2) is 9.41. The maximum atomic E-state index is 10.7. The minimum absolute atomic E-state index is 0. The molecular formula is C15H15Cl3O4. The van der Waals surface area contributed by atoms with Gasteiger partial charge in [-0.3, -0.25) is 0 Å². The highest BCUT2D eigenvalue weighted by Crippen LogP contribution is 2.25. The summed E-state index contributed by atoms with van der Waals surface area (Å²) in [7, 11) is 0. The maximum Gasteiger partial charge on any atom is 0.344 e. The third-order valence-corrected chi connectivity index (χ3v) is 2.79. The third-order valence-electron chi connectivity index (χ3n) is 2.53. The van der Waals surface area contributed by atoms with Crippen molar-refractivity contribution in [2.75, 3.05) is 0 Å². The summed E-state index contributed by atoms with van der Waals surface area (Å²) in [4.78, 5) is 10.7. The van der Waals surface area contributed by atoms with Gasteiger partial charge in [0.1, 0.15) is 17.2 Å². The molecule has 0 aliphatic carbocycles. The van der Waals surface area contributed by atoms with Crippen molar-refractivity contribution in [1.29, 1.82) is 0 Å². The molecule has 22 heavy (non-hydrogen) atoms. The minimum Gasteiger partial charge on any atom is -0.479 e. The Hall–Kier alpha value is -1.62. The van der Waals surface area contributed by atoms with Gasteiger partial charge >= 0.3 is 5.97 Å². The fraction of sp³-hybridized carbons (Fsp3) is 0.133. The Morgan fingerprint density at radius 1 is 0.955 bits per heavy atom. The number of benzene rings is 2. The second-order valence-corrected chi connectivity index (χ2v) is 4.56. The first kappa shape index (κ1) is 20.4. The molecule has 0 aromatic heterocycles. The highest BCUT2D eigenvalue weighted by Gasteiger charge is 2.12. The van der Waals surface area contributed by atoms with Gasteiger partial charge in [0.15, 0.2) is 6.10 Å². The van der Waals surface area contributed by atoms with Crippen molar-refractivity contribution in [2.24, 2.45) is 0 Å². The fourth-order valence-corrected chi connectivity index (χ4v) is 1.61. The molecule has 120 valence electrons. The van der Waals surface area contributed by atoms with E-state index in [1.807, 2.05) is 0 Å². The standard InChI is InChI=1S/C15H13ClO4.2ClH/c1-10(15(17)18)19-12-6-8-14(9-7-12)20-13-4-2-11(16)3-5-13;;/h2-10H,1H3,(H,17,18);2*1H. The number of aliphatic carboxylic acids is 1. The van der Waals surface area contributed by atoms with Crippen molar-refractivity contribution in [3.8, 4) is 17.2 Å². The van der Waals surface area contributed by atoms with Crippen LogP contribution in [0.4, 0.5) is 0 Å². The van der Waals surface area contributed by atoms with Crippen LogP contribution in [0.5, 0.6) is 17.2 Å². The molecule has 1 atom stereocenters. The molecule has 0 saturated heterocycles. The maximum absolute atomic E-state index is 10.7. The zero-order chi connectivity index (χ0) is 14.5. The van der Waals surface area contributed by atoms with E-state index < -0.39 is 12.1 Å². The summed E-state index contributed by atoms with van der Waals surface area (Å²) in [6.45, 7) is 1.47. The molecule has 0 fully saturated rings. The second-order valence-electron chi connectivity index (χ2n) is 4.13. The Bertz CT molecular complexity index is 585. The van der Waals surface area contributed by atoms with Gasteiger partial charge in [-0.1, -0.05) is 11.6 Å². The quantitative estimate of drug-likeness (QED) is 0.824. The van der Waals surface area contributed by atoms with Gasteiger partial charge < -0.3 is 14.6 Å². The zero-order valence-electron chi connectivity index (χ0n) is 11.6. The van der Waals surface area contributed by atoms with E-state index in [1.165, 1.54) is 6.92 Å². The molecule has 2 aromatic carbocycles. The first-order valence-corrected chi connectivity index (χ1v) is 6.35. The molecule has 4 nitrogen and oxygen atoms in total. The molecule has 0 saturated carbocycles. The number of carboxylic acids is 1. The lowest BCUT2D eigenvalue weighted by molar-refractivity contribution is -0.144. The van der Waals surface area contributed by atoms with Gasteiger partial charge in [-0.25, -0.2) is 4.79 Å². The number of hydrogen-bond acceptors (Lipinski definition) is 3. The SMILES string of the molecule is CC(Oc1ccc(Oc2ccc(Cl)cc2)cc1)C(=O)O.Cl.Cl. The highest BCUT2D eigenvalue weighted by atomic mass is 35.5. The normalized spacial score (nSPS) is 10.6. The largest absolute Gasteiger partial charge is 0.479 e. The van der Waals surface area contributed by atoms with Crippen LogP contribution >= 0.6 is 36.4 Å². The van der Waals surface area contributed by atoms with Crippen LogP contribution in [-0.2, 0) is 4.79 Å². The van der Waals surface area contributed by atoms with Gasteiger partial charge in [0, 0.05) is 5.02 Å². The van der Waals surface area contributed by atoms with Crippen molar-refractivity contribution in [2.45, 2.75) is 13.0 Å². The molecule has 0 radical (unpaired) electrons. The Morgan fingerprint density at radius 2 is 1.36 bits per heavy atom. The molecule has 0 aliphatic rings. The highest BCUT2D eigenvalue weighted by molar-refractivity contribution is 6.30. The van der Waals surface area contributed by atoms with Crippen LogP contribution < -0.4 is 9.47 Å². The van der Waals surface area contributed by atoms with Gasteiger partial charge in [-0.15, -0.1) is 24.8 Å². The molecule has 1 N–H and O–H groups in total. The molecular weight excluding hydrogens is 351 g/mol. The number of halogens is 3. The average Bonchev–Trinajstić information content (AvgIpc) is 2.43. The lowest BCUT2D eigenvalue weighted by atomic mass is 10.3. The molecule has 2 aromatic rings. The molecule has 0 aliphatic heterocycles. The summed E-state index contributed by atoms with van der Waals surface area (Å²) in [6, 6.07) is 13.7. The topological polar surface area (TPSA) is 55.8 Å². The van der Waals surface area contributed by atoms with Crippen LogP contribution in [0.1, 0.15) is 6.92 Å². The Kier molecular flexibility index (Phi) is 8.72. The number of hydrogen-bond donors (Lipinski definition) is 1. The first-order valence-electron chi connectivity index (χ1n) is 5.97. The molecule has 0 spiro atoms. The Morgan fingerprint density at radius 3 is 1.82 bits per heavy atom. The molecule has 0 amide bonds. The van der Waals surface area contributed by atoms with Gasteiger partial charge in [0.25, 0.3) is 0 Å². The summed E-state index contributed by atoms with van der Waals surface area (Å²) >= 11 is 5.79. The summed E-state index contributed by atoms with van der Waals surface area (Å²) in [6.07, 6.45) is -0.891. The van der Waals surface area contributed by atoms with Crippen molar-refractivity contribution in [1.82, 2.24) is 0 Å².